The second kappa shape index (κ2) is 10.7. The number of hydrogen-bond donors (Lipinski definition) is 2. The maximum absolute atomic E-state index is 13.0. The van der Waals surface area contributed by atoms with Gasteiger partial charge >= 0.3 is 5.91 Å². The zero-order valence-electron chi connectivity index (χ0n) is 18.4. The van der Waals surface area contributed by atoms with Crippen LogP contribution in [-0.4, -0.2) is 31.7 Å². The largest absolute Gasteiger partial charge is 0.493 e. The summed E-state index contributed by atoms with van der Waals surface area (Å²) < 4.78 is 29.3. The second-order valence-corrected chi connectivity index (χ2v) is 7.68. The van der Waals surface area contributed by atoms with Crippen molar-refractivity contribution in [2.75, 3.05) is 19.0 Å². The number of ether oxygens (including phenoxy) is 2. The van der Waals surface area contributed by atoms with E-state index in [-0.39, 0.29) is 12.4 Å². The summed E-state index contributed by atoms with van der Waals surface area (Å²) in [5, 5.41) is 7.79. The van der Waals surface area contributed by atoms with Crippen molar-refractivity contribution in [3.8, 4) is 11.5 Å². The number of furan rings is 1. The smallest absolute Gasteiger partial charge is 0.307 e. The minimum absolute atomic E-state index is 0.0969. The highest BCUT2D eigenvalue weighted by Gasteiger charge is 2.12. The van der Waals surface area contributed by atoms with E-state index in [4.69, 9.17) is 25.5 Å². The molecule has 2 amide bonds. The summed E-state index contributed by atoms with van der Waals surface area (Å²) in [5.74, 6) is -0.535. The molecule has 3 aromatic carbocycles. The molecule has 0 saturated heterocycles. The van der Waals surface area contributed by atoms with Gasteiger partial charge in [0.2, 0.25) is 0 Å². The molecule has 0 aliphatic heterocycles. The van der Waals surface area contributed by atoms with E-state index in [0.29, 0.717) is 38.7 Å². The summed E-state index contributed by atoms with van der Waals surface area (Å²) in [6.45, 7) is -0.278. The molecule has 0 spiro atoms. The first-order valence-corrected chi connectivity index (χ1v) is 10.7. The van der Waals surface area contributed by atoms with Crippen LogP contribution in [0.25, 0.3) is 11.0 Å². The summed E-state index contributed by atoms with van der Waals surface area (Å²) in [7, 11) is 1.46. The molecule has 2 N–H and O–H groups in total. The van der Waals surface area contributed by atoms with E-state index in [0.717, 1.165) is 0 Å². The predicted octanol–water partition coefficient (Wildman–Crippen LogP) is 5.02. The van der Waals surface area contributed by atoms with Crippen molar-refractivity contribution < 1.29 is 27.9 Å². The third-order valence-electron chi connectivity index (χ3n) is 4.76. The summed E-state index contributed by atoms with van der Waals surface area (Å²) in [6, 6.07) is 16.9. The minimum Gasteiger partial charge on any atom is -0.493 e. The van der Waals surface area contributed by atoms with Gasteiger partial charge in [0, 0.05) is 16.1 Å². The van der Waals surface area contributed by atoms with Crippen molar-refractivity contribution in [2.24, 2.45) is 5.10 Å². The maximum Gasteiger partial charge on any atom is 0.307 e. The Hall–Kier alpha value is -4.37. The lowest BCUT2D eigenvalue weighted by Gasteiger charge is -2.11. The number of nitrogens with zero attached hydrogens (tertiary/aromatic N) is 1. The highest BCUT2D eigenvalue weighted by molar-refractivity contribution is 6.31. The van der Waals surface area contributed by atoms with Crippen LogP contribution in [0.2, 0.25) is 5.02 Å². The summed E-state index contributed by atoms with van der Waals surface area (Å²) in [6.07, 6.45) is 1.42. The molecule has 0 aliphatic carbocycles. The fourth-order valence-corrected chi connectivity index (χ4v) is 3.28. The number of amides is 2. The Balaban J connectivity index is 1.34. The Labute approximate surface area is 204 Å². The number of fused-ring (bicyclic) bond motifs is 1. The molecular weight excluding hydrogens is 477 g/mol. The summed E-state index contributed by atoms with van der Waals surface area (Å²) in [4.78, 5) is 24.4. The van der Waals surface area contributed by atoms with Crippen molar-refractivity contribution in [1.29, 1.82) is 0 Å². The molecule has 1 heterocycles. The van der Waals surface area contributed by atoms with Gasteiger partial charge in [-0.15, -0.1) is 0 Å². The van der Waals surface area contributed by atoms with Gasteiger partial charge in [-0.1, -0.05) is 11.6 Å². The molecule has 0 radical (unpaired) electrons. The monoisotopic (exact) mass is 495 g/mol. The molecule has 4 rings (SSSR count). The molecule has 4 aromatic rings. The quantitative estimate of drug-likeness (QED) is 0.264. The van der Waals surface area contributed by atoms with Gasteiger partial charge in [0.05, 0.1) is 13.3 Å². The first-order chi connectivity index (χ1) is 16.9. The van der Waals surface area contributed by atoms with Gasteiger partial charge < -0.3 is 19.2 Å². The topological polar surface area (TPSA) is 102 Å². The van der Waals surface area contributed by atoms with Gasteiger partial charge in [0.1, 0.15) is 11.4 Å². The van der Waals surface area contributed by atoms with Gasteiger partial charge in [0.15, 0.2) is 23.9 Å². The Bertz CT molecular complexity index is 1400. The number of carbonyl (C=O) groups is 2. The Morgan fingerprint density at radius 2 is 1.86 bits per heavy atom. The van der Waals surface area contributed by atoms with Crippen LogP contribution in [-0.2, 0) is 4.79 Å². The third-order valence-corrected chi connectivity index (χ3v) is 4.99. The average Bonchev–Trinajstić information content (AvgIpc) is 3.28. The maximum atomic E-state index is 13.0. The number of hydrogen-bond acceptors (Lipinski definition) is 6. The Kier molecular flexibility index (Phi) is 7.27. The predicted molar refractivity (Wildman–Crippen MR) is 130 cm³/mol. The van der Waals surface area contributed by atoms with Crippen LogP contribution in [0.4, 0.5) is 10.1 Å². The third kappa shape index (κ3) is 6.15. The fourth-order valence-electron chi connectivity index (χ4n) is 3.10. The van der Waals surface area contributed by atoms with E-state index in [1.807, 2.05) is 0 Å². The highest BCUT2D eigenvalue weighted by atomic mass is 35.5. The molecule has 0 unspecified atom stereocenters. The van der Waals surface area contributed by atoms with Gasteiger partial charge in [-0.3, -0.25) is 9.59 Å². The van der Waals surface area contributed by atoms with E-state index in [1.54, 1.807) is 42.5 Å². The molecule has 0 saturated carbocycles. The fraction of sp³-hybridized carbons (Fsp3) is 0.0800. The number of nitrogens with one attached hydrogen (secondary N) is 2. The summed E-state index contributed by atoms with van der Waals surface area (Å²) in [5.41, 5.74) is 4.00. The standard InChI is InChI=1S/C25H19ClFN3O5/c1-33-22-10-15(2-8-21(22)34-14-24(31)29-19-6-4-18(27)5-7-19)13-28-30-25(32)23-12-16-11-17(26)3-9-20(16)35-23/h2-13H,14H2,1H3,(H,29,31)(H,30,32)/b28-13+. The highest BCUT2D eigenvalue weighted by Crippen LogP contribution is 2.27. The van der Waals surface area contributed by atoms with Crippen LogP contribution in [0, 0.1) is 5.82 Å². The average molecular weight is 496 g/mol. The van der Waals surface area contributed by atoms with Crippen molar-refractivity contribution in [3.63, 3.8) is 0 Å². The zero-order valence-corrected chi connectivity index (χ0v) is 19.1. The van der Waals surface area contributed by atoms with E-state index in [1.165, 1.54) is 37.6 Å². The number of methoxy groups -OCH3 is 1. The number of rotatable bonds is 8. The molecule has 10 heteroatoms. The van der Waals surface area contributed by atoms with Gasteiger partial charge in [-0.2, -0.15) is 5.10 Å². The molecule has 1 aromatic heterocycles. The van der Waals surface area contributed by atoms with Crippen molar-refractivity contribution in [3.05, 3.63) is 88.9 Å². The van der Waals surface area contributed by atoms with Crippen LogP contribution in [0.3, 0.4) is 0 Å². The van der Waals surface area contributed by atoms with Crippen LogP contribution in [0.1, 0.15) is 16.1 Å². The summed E-state index contributed by atoms with van der Waals surface area (Å²) >= 11 is 5.95. The van der Waals surface area contributed by atoms with Crippen LogP contribution < -0.4 is 20.2 Å². The normalized spacial score (nSPS) is 10.9. The van der Waals surface area contributed by atoms with Crippen LogP contribution in [0.5, 0.6) is 11.5 Å². The molecule has 0 aliphatic rings. The zero-order chi connectivity index (χ0) is 24.8. The molecule has 0 fully saturated rings. The molecule has 8 nitrogen and oxygen atoms in total. The SMILES string of the molecule is COc1cc(/C=N/NC(=O)c2cc3cc(Cl)ccc3o2)ccc1OCC(=O)Nc1ccc(F)cc1. The van der Waals surface area contributed by atoms with Crippen molar-refractivity contribution >= 4 is 46.3 Å². The lowest BCUT2D eigenvalue weighted by atomic mass is 10.2. The molecular formula is C25H19ClFN3O5. The van der Waals surface area contributed by atoms with Crippen molar-refractivity contribution in [1.82, 2.24) is 5.43 Å². The first-order valence-electron chi connectivity index (χ1n) is 10.3. The van der Waals surface area contributed by atoms with Gasteiger partial charge in [-0.05, 0) is 72.3 Å². The van der Waals surface area contributed by atoms with Crippen molar-refractivity contribution in [2.45, 2.75) is 0 Å². The number of hydrazone groups is 1. The number of halogens is 2. The van der Waals surface area contributed by atoms with Gasteiger partial charge in [-0.25, -0.2) is 9.82 Å². The Morgan fingerprint density at radius 1 is 1.06 bits per heavy atom. The molecule has 178 valence electrons. The molecule has 0 atom stereocenters. The number of carbonyl (C=O) groups excluding carboxylic acids is 2. The molecule has 0 bridgehead atoms. The lowest BCUT2D eigenvalue weighted by Crippen LogP contribution is -2.20. The van der Waals surface area contributed by atoms with Crippen LogP contribution >= 0.6 is 11.6 Å². The Morgan fingerprint density at radius 3 is 2.63 bits per heavy atom. The number of benzene rings is 3. The van der Waals surface area contributed by atoms with E-state index in [2.05, 4.69) is 15.8 Å². The lowest BCUT2D eigenvalue weighted by molar-refractivity contribution is -0.118. The minimum atomic E-state index is -0.521. The second-order valence-electron chi connectivity index (χ2n) is 7.25. The van der Waals surface area contributed by atoms with E-state index < -0.39 is 17.6 Å². The van der Waals surface area contributed by atoms with E-state index >= 15 is 0 Å². The van der Waals surface area contributed by atoms with Gasteiger partial charge in [0.25, 0.3) is 5.91 Å². The number of anilines is 1. The van der Waals surface area contributed by atoms with E-state index in [9.17, 15) is 14.0 Å². The molecule has 35 heavy (non-hydrogen) atoms. The first kappa shape index (κ1) is 23.8. The van der Waals surface area contributed by atoms with Crippen LogP contribution in [0.15, 0.2) is 76.2 Å².